The smallest absolute Gasteiger partial charge is 0.410 e. The molecule has 2 aromatic heterocycles. The fraction of sp³-hybridized carbons (Fsp3) is 0.212. The number of ether oxygens (including phenoxy) is 1. The van der Waals surface area contributed by atoms with Gasteiger partial charge in [-0.1, -0.05) is 48.5 Å². The number of hydrogen-bond donors (Lipinski definition) is 1. The number of pyridine rings is 1. The third kappa shape index (κ3) is 5.09. The van der Waals surface area contributed by atoms with Crippen LogP contribution in [0.15, 0.2) is 85.1 Å². The fourth-order valence-corrected chi connectivity index (χ4v) is 5.81. The summed E-state index contributed by atoms with van der Waals surface area (Å²) in [6.45, 7) is 1.82. The lowest BCUT2D eigenvalue weighted by Gasteiger charge is -2.28. The summed E-state index contributed by atoms with van der Waals surface area (Å²) in [6, 6.07) is 21.9. The Labute approximate surface area is 245 Å². The van der Waals surface area contributed by atoms with Crippen molar-refractivity contribution in [3.8, 4) is 22.3 Å². The van der Waals surface area contributed by atoms with E-state index < -0.39 is 29.7 Å². The van der Waals surface area contributed by atoms with Gasteiger partial charge in [0.25, 0.3) is 0 Å². The molecule has 1 fully saturated rings. The Morgan fingerprint density at radius 1 is 0.953 bits per heavy atom. The molecule has 2 aliphatic rings. The Kier molecular flexibility index (Phi) is 6.61. The van der Waals surface area contributed by atoms with Gasteiger partial charge >= 0.3 is 6.09 Å². The zero-order valence-corrected chi connectivity index (χ0v) is 23.2. The van der Waals surface area contributed by atoms with E-state index in [0.29, 0.717) is 16.8 Å². The van der Waals surface area contributed by atoms with Crippen LogP contribution in [0.5, 0.6) is 0 Å². The minimum atomic E-state index is -0.833. The van der Waals surface area contributed by atoms with Crippen molar-refractivity contribution in [2.45, 2.75) is 37.8 Å². The topological polar surface area (TPSA) is 88.8 Å². The summed E-state index contributed by atoms with van der Waals surface area (Å²) in [6.07, 6.45) is 2.61. The molecule has 7 rings (SSSR count). The summed E-state index contributed by atoms with van der Waals surface area (Å²) >= 11 is 0. The van der Waals surface area contributed by atoms with Crippen LogP contribution < -0.4 is 5.32 Å². The molecule has 43 heavy (non-hydrogen) atoms. The lowest BCUT2D eigenvalue weighted by atomic mass is 9.98. The third-order valence-corrected chi connectivity index (χ3v) is 8.05. The monoisotopic (exact) mass is 579 g/mol. The molecular formula is C33H27F2N5O3. The number of nitrogens with one attached hydrogen (secondary N) is 1. The van der Waals surface area contributed by atoms with Gasteiger partial charge in [-0.2, -0.15) is 4.98 Å². The molecule has 1 atom stereocenters. The second-order valence-electron chi connectivity index (χ2n) is 10.9. The van der Waals surface area contributed by atoms with Crippen LogP contribution >= 0.6 is 0 Å². The van der Waals surface area contributed by atoms with E-state index >= 15 is 0 Å². The van der Waals surface area contributed by atoms with E-state index in [1.165, 1.54) is 21.5 Å². The van der Waals surface area contributed by atoms with Crippen molar-refractivity contribution in [3.63, 3.8) is 0 Å². The SMILES string of the molecule is C[C@H](C(=O)Nc1nc2ccc(-c3cc(F)cc(F)c3)cn2n1)N(C(=O)OCC1c2ccccc2-c2ccccc21)C1CC1. The Balaban J connectivity index is 1.05. The molecule has 2 heterocycles. The van der Waals surface area contributed by atoms with Gasteiger partial charge < -0.3 is 4.74 Å². The molecule has 3 aromatic carbocycles. The van der Waals surface area contributed by atoms with Gasteiger partial charge in [0.2, 0.25) is 11.9 Å². The van der Waals surface area contributed by atoms with Crippen molar-refractivity contribution in [2.24, 2.45) is 0 Å². The maximum atomic E-state index is 13.7. The first-order valence-corrected chi connectivity index (χ1v) is 14.1. The predicted molar refractivity (Wildman–Crippen MR) is 156 cm³/mol. The van der Waals surface area contributed by atoms with Gasteiger partial charge in [0, 0.05) is 29.8 Å². The molecule has 2 aliphatic carbocycles. The first-order chi connectivity index (χ1) is 20.9. The van der Waals surface area contributed by atoms with Crippen LogP contribution in [0.25, 0.3) is 27.9 Å². The van der Waals surface area contributed by atoms with E-state index in [2.05, 4.69) is 39.7 Å². The number of benzene rings is 3. The number of rotatable bonds is 7. The zero-order chi connectivity index (χ0) is 29.7. The molecule has 216 valence electrons. The molecule has 0 radical (unpaired) electrons. The molecule has 0 spiro atoms. The Morgan fingerprint density at radius 2 is 1.60 bits per heavy atom. The van der Waals surface area contributed by atoms with Crippen molar-refractivity contribution in [1.29, 1.82) is 0 Å². The quantitative estimate of drug-likeness (QED) is 0.241. The van der Waals surface area contributed by atoms with Crippen LogP contribution in [0, 0.1) is 11.6 Å². The molecule has 1 N–H and O–H groups in total. The maximum Gasteiger partial charge on any atom is 0.410 e. The fourth-order valence-electron chi connectivity index (χ4n) is 5.81. The van der Waals surface area contributed by atoms with Gasteiger partial charge in [-0.3, -0.25) is 15.0 Å². The number of halogens is 2. The second kappa shape index (κ2) is 10.6. The number of carbonyl (C=O) groups excluding carboxylic acids is 2. The van der Waals surface area contributed by atoms with Crippen molar-refractivity contribution >= 4 is 23.6 Å². The van der Waals surface area contributed by atoms with Gasteiger partial charge in [-0.15, -0.1) is 5.10 Å². The van der Waals surface area contributed by atoms with E-state index in [0.717, 1.165) is 41.2 Å². The van der Waals surface area contributed by atoms with Crippen molar-refractivity contribution in [2.75, 3.05) is 11.9 Å². The largest absolute Gasteiger partial charge is 0.448 e. The summed E-state index contributed by atoms with van der Waals surface area (Å²) in [5, 5.41) is 7.01. The van der Waals surface area contributed by atoms with Gasteiger partial charge in [-0.25, -0.2) is 18.1 Å². The first-order valence-electron chi connectivity index (χ1n) is 14.1. The summed E-state index contributed by atoms with van der Waals surface area (Å²) < 4.78 is 34.7. The Bertz CT molecular complexity index is 1820. The summed E-state index contributed by atoms with van der Waals surface area (Å²) in [5.41, 5.74) is 5.81. The van der Waals surface area contributed by atoms with Gasteiger partial charge in [0.1, 0.15) is 24.3 Å². The van der Waals surface area contributed by atoms with E-state index in [9.17, 15) is 18.4 Å². The number of nitrogens with zero attached hydrogens (tertiary/aromatic N) is 4. The minimum Gasteiger partial charge on any atom is -0.448 e. The normalized spacial score (nSPS) is 14.7. The molecule has 0 aliphatic heterocycles. The number of aromatic nitrogens is 3. The maximum absolute atomic E-state index is 13.7. The van der Waals surface area contributed by atoms with Crippen LogP contribution in [-0.4, -0.2) is 50.2 Å². The number of carbonyl (C=O) groups is 2. The van der Waals surface area contributed by atoms with E-state index in [1.54, 1.807) is 25.3 Å². The van der Waals surface area contributed by atoms with Crippen LogP contribution in [0.4, 0.5) is 19.5 Å². The van der Waals surface area contributed by atoms with Gasteiger partial charge in [-0.05, 0) is 71.8 Å². The molecule has 5 aromatic rings. The minimum absolute atomic E-state index is 0.0442. The number of fused-ring (bicyclic) bond motifs is 4. The molecule has 0 saturated heterocycles. The van der Waals surface area contributed by atoms with Gasteiger partial charge in [0.05, 0.1) is 0 Å². The standard InChI is InChI=1S/C33H27F2N5O3/c1-19(31(41)37-32-36-30-13-10-20(17-39(30)38-32)21-14-22(34)16-23(35)15-21)40(24-11-12-24)33(42)43-18-29-27-8-4-2-6-25(27)26-7-3-5-9-28(26)29/h2-10,13-17,19,24,29H,11-12,18H2,1H3,(H,37,38,41)/t19-/m1/s1. The van der Waals surface area contributed by atoms with Crippen LogP contribution in [0.2, 0.25) is 0 Å². The summed E-state index contributed by atoms with van der Waals surface area (Å²) in [5.74, 6) is -1.87. The number of hydrogen-bond acceptors (Lipinski definition) is 5. The Morgan fingerprint density at radius 3 is 2.26 bits per heavy atom. The molecule has 1 saturated carbocycles. The van der Waals surface area contributed by atoms with E-state index in [1.807, 2.05) is 24.3 Å². The highest BCUT2D eigenvalue weighted by Gasteiger charge is 2.40. The van der Waals surface area contributed by atoms with Crippen molar-refractivity contribution in [3.05, 3.63) is 108 Å². The zero-order valence-electron chi connectivity index (χ0n) is 23.2. The molecule has 8 nitrogen and oxygen atoms in total. The van der Waals surface area contributed by atoms with Crippen molar-refractivity contribution < 1.29 is 23.1 Å². The molecular weight excluding hydrogens is 552 g/mol. The molecule has 10 heteroatoms. The van der Waals surface area contributed by atoms with E-state index in [-0.39, 0.29) is 24.5 Å². The third-order valence-electron chi connectivity index (χ3n) is 8.05. The average Bonchev–Trinajstić information content (AvgIpc) is 3.66. The molecule has 0 bridgehead atoms. The highest BCUT2D eigenvalue weighted by atomic mass is 19.1. The van der Waals surface area contributed by atoms with Gasteiger partial charge in [0.15, 0.2) is 5.65 Å². The first kappa shape index (κ1) is 26.8. The molecule has 2 amide bonds. The van der Waals surface area contributed by atoms with Crippen LogP contribution in [-0.2, 0) is 9.53 Å². The lowest BCUT2D eigenvalue weighted by molar-refractivity contribution is -0.120. The highest BCUT2D eigenvalue weighted by molar-refractivity contribution is 5.95. The summed E-state index contributed by atoms with van der Waals surface area (Å²) in [4.78, 5) is 32.5. The average molecular weight is 580 g/mol. The predicted octanol–water partition coefficient (Wildman–Crippen LogP) is 6.42. The second-order valence-corrected chi connectivity index (χ2v) is 10.9. The van der Waals surface area contributed by atoms with Crippen LogP contribution in [0.3, 0.4) is 0 Å². The van der Waals surface area contributed by atoms with E-state index in [4.69, 9.17) is 4.74 Å². The summed E-state index contributed by atoms with van der Waals surface area (Å²) in [7, 11) is 0. The highest BCUT2D eigenvalue weighted by Crippen LogP contribution is 2.44. The van der Waals surface area contributed by atoms with Crippen LogP contribution in [0.1, 0.15) is 36.8 Å². The number of amides is 2. The van der Waals surface area contributed by atoms with Crippen molar-refractivity contribution in [1.82, 2.24) is 19.5 Å². The Hall–Kier alpha value is -5.12. The molecule has 0 unspecified atom stereocenters. The lowest BCUT2D eigenvalue weighted by Crippen LogP contribution is -2.47. The number of anilines is 1.